The summed E-state index contributed by atoms with van der Waals surface area (Å²) in [5.41, 5.74) is 0.436. The lowest BCUT2D eigenvalue weighted by Gasteiger charge is -2.11. The van der Waals surface area contributed by atoms with Crippen LogP contribution >= 0.6 is 0 Å². The quantitative estimate of drug-likeness (QED) is 0.840. The molecule has 2 aromatic rings. The second kappa shape index (κ2) is 5.61. The van der Waals surface area contributed by atoms with Crippen LogP contribution < -0.4 is 5.56 Å². The van der Waals surface area contributed by atoms with E-state index in [1.54, 1.807) is 44.2 Å². The van der Waals surface area contributed by atoms with Crippen molar-refractivity contribution >= 4 is 5.97 Å². The minimum Gasteiger partial charge on any atom is -0.506 e. The minimum atomic E-state index is -0.657. The number of carbonyl (C=O) groups is 1. The molecule has 0 aliphatic carbocycles. The van der Waals surface area contributed by atoms with Gasteiger partial charge in [0, 0.05) is 5.69 Å². The number of aromatic hydroxyl groups is 1. The van der Waals surface area contributed by atoms with Crippen molar-refractivity contribution < 1.29 is 14.6 Å². The van der Waals surface area contributed by atoms with Crippen molar-refractivity contribution in [2.45, 2.75) is 13.8 Å². The summed E-state index contributed by atoms with van der Waals surface area (Å²) < 4.78 is 4.90. The van der Waals surface area contributed by atoms with Crippen LogP contribution in [0, 0.1) is 6.92 Å². The fourth-order valence-electron chi connectivity index (χ4n) is 2.03. The number of rotatable bonds is 3. The molecule has 5 heteroatoms. The smallest absolute Gasteiger partial charge is 0.343 e. The number of hydrogen-bond acceptors (Lipinski definition) is 4. The topological polar surface area (TPSA) is 79.4 Å². The van der Waals surface area contributed by atoms with E-state index in [0.717, 1.165) is 0 Å². The highest BCUT2D eigenvalue weighted by Gasteiger charge is 2.22. The zero-order valence-electron chi connectivity index (χ0n) is 11.3. The van der Waals surface area contributed by atoms with Crippen LogP contribution in [0.4, 0.5) is 0 Å². The van der Waals surface area contributed by atoms with Gasteiger partial charge in [-0.2, -0.15) is 0 Å². The van der Waals surface area contributed by atoms with Gasteiger partial charge in [0.25, 0.3) is 5.56 Å². The van der Waals surface area contributed by atoms with Crippen LogP contribution in [-0.4, -0.2) is 22.7 Å². The first-order chi connectivity index (χ1) is 9.56. The van der Waals surface area contributed by atoms with Gasteiger partial charge in [-0.25, -0.2) is 4.79 Å². The highest BCUT2D eigenvalue weighted by molar-refractivity contribution is 5.96. The van der Waals surface area contributed by atoms with E-state index in [-0.39, 0.29) is 29.2 Å². The fraction of sp³-hybridized carbons (Fsp3) is 0.200. The van der Waals surface area contributed by atoms with E-state index in [0.29, 0.717) is 5.56 Å². The molecule has 0 amide bonds. The Labute approximate surface area is 115 Å². The molecule has 2 N–H and O–H groups in total. The monoisotopic (exact) mass is 273 g/mol. The zero-order chi connectivity index (χ0) is 14.7. The molecule has 0 spiro atoms. The maximum absolute atomic E-state index is 12.0. The first kappa shape index (κ1) is 13.9. The summed E-state index contributed by atoms with van der Waals surface area (Å²) in [5.74, 6) is -1.01. The zero-order valence-corrected chi connectivity index (χ0v) is 11.3. The fourth-order valence-corrected chi connectivity index (χ4v) is 2.03. The standard InChI is InChI=1S/C15H15NO4/c1-3-20-15(19)11-9(2)16-14(18)12(13(11)17)10-7-5-4-6-8-10/h4-8H,3H2,1-2H3,(H2,16,17,18). The van der Waals surface area contributed by atoms with Gasteiger partial charge >= 0.3 is 5.97 Å². The van der Waals surface area contributed by atoms with Gasteiger partial charge in [0.05, 0.1) is 12.2 Å². The summed E-state index contributed by atoms with van der Waals surface area (Å²) >= 11 is 0. The average molecular weight is 273 g/mol. The van der Waals surface area contributed by atoms with E-state index in [9.17, 15) is 14.7 Å². The molecule has 1 heterocycles. The van der Waals surface area contributed by atoms with Gasteiger partial charge in [0.2, 0.25) is 0 Å². The van der Waals surface area contributed by atoms with Crippen molar-refractivity contribution in [1.82, 2.24) is 4.98 Å². The highest BCUT2D eigenvalue weighted by atomic mass is 16.5. The third kappa shape index (κ3) is 2.42. The maximum atomic E-state index is 12.0. The Morgan fingerprint density at radius 2 is 1.95 bits per heavy atom. The molecule has 104 valence electrons. The molecule has 0 bridgehead atoms. The maximum Gasteiger partial charge on any atom is 0.343 e. The normalized spacial score (nSPS) is 10.3. The van der Waals surface area contributed by atoms with Gasteiger partial charge in [-0.1, -0.05) is 30.3 Å². The van der Waals surface area contributed by atoms with Crippen LogP contribution in [0.3, 0.4) is 0 Å². The van der Waals surface area contributed by atoms with Crippen LogP contribution in [0.25, 0.3) is 11.1 Å². The van der Waals surface area contributed by atoms with Crippen LogP contribution in [0.15, 0.2) is 35.1 Å². The molecule has 1 aromatic heterocycles. The predicted molar refractivity (Wildman–Crippen MR) is 74.9 cm³/mol. The third-order valence-electron chi connectivity index (χ3n) is 2.92. The Bertz CT molecular complexity index is 689. The summed E-state index contributed by atoms with van der Waals surface area (Å²) in [7, 11) is 0. The number of H-pyrrole nitrogens is 1. The molecular weight excluding hydrogens is 258 g/mol. The predicted octanol–water partition coefficient (Wildman–Crippen LogP) is 2.23. The number of esters is 1. The summed E-state index contributed by atoms with van der Waals surface area (Å²) in [6, 6.07) is 8.68. The third-order valence-corrected chi connectivity index (χ3v) is 2.92. The number of nitrogens with one attached hydrogen (secondary N) is 1. The summed E-state index contributed by atoms with van der Waals surface area (Å²) in [4.78, 5) is 26.5. The van der Waals surface area contributed by atoms with E-state index in [1.807, 2.05) is 0 Å². The highest BCUT2D eigenvalue weighted by Crippen LogP contribution is 2.30. The number of hydrogen-bond donors (Lipinski definition) is 2. The lowest BCUT2D eigenvalue weighted by atomic mass is 10.0. The van der Waals surface area contributed by atoms with E-state index in [2.05, 4.69) is 4.98 Å². The SMILES string of the molecule is CCOC(=O)c1c(C)[nH]c(=O)c(-c2ccccc2)c1O. The second-order valence-corrected chi connectivity index (χ2v) is 4.26. The van der Waals surface area contributed by atoms with Crippen molar-refractivity contribution in [1.29, 1.82) is 0 Å². The van der Waals surface area contributed by atoms with Gasteiger partial charge < -0.3 is 14.8 Å². The van der Waals surface area contributed by atoms with Gasteiger partial charge in [0.15, 0.2) is 0 Å². The molecule has 0 saturated heterocycles. The molecule has 0 unspecified atom stereocenters. The summed E-state index contributed by atoms with van der Waals surface area (Å²) in [6.07, 6.45) is 0. The average Bonchev–Trinajstić information content (AvgIpc) is 2.39. The van der Waals surface area contributed by atoms with E-state index in [4.69, 9.17) is 4.74 Å². The molecule has 5 nitrogen and oxygen atoms in total. The molecule has 0 fully saturated rings. The first-order valence-electron chi connectivity index (χ1n) is 6.24. The molecule has 20 heavy (non-hydrogen) atoms. The molecular formula is C15H15NO4. The van der Waals surface area contributed by atoms with Crippen LogP contribution in [-0.2, 0) is 4.74 Å². The largest absolute Gasteiger partial charge is 0.506 e. The van der Waals surface area contributed by atoms with Crippen LogP contribution in [0.1, 0.15) is 23.0 Å². The number of aromatic nitrogens is 1. The molecule has 0 aliphatic rings. The number of aryl methyl sites for hydroxylation is 1. The Hall–Kier alpha value is -2.56. The van der Waals surface area contributed by atoms with Crippen molar-refractivity contribution in [3.8, 4) is 16.9 Å². The van der Waals surface area contributed by atoms with Crippen molar-refractivity contribution in [2.24, 2.45) is 0 Å². The summed E-state index contributed by atoms with van der Waals surface area (Å²) in [5, 5.41) is 10.3. The number of aromatic amines is 1. The number of benzene rings is 1. The lowest BCUT2D eigenvalue weighted by Crippen LogP contribution is -2.17. The Morgan fingerprint density at radius 1 is 1.30 bits per heavy atom. The number of ether oxygens (including phenoxy) is 1. The molecule has 0 aliphatic heterocycles. The molecule has 0 atom stereocenters. The van der Waals surface area contributed by atoms with E-state index >= 15 is 0 Å². The molecule has 0 saturated carbocycles. The van der Waals surface area contributed by atoms with Gasteiger partial charge in [-0.15, -0.1) is 0 Å². The summed E-state index contributed by atoms with van der Waals surface area (Å²) in [6.45, 7) is 3.41. The minimum absolute atomic E-state index is 0.00898. The molecule has 2 rings (SSSR count). The lowest BCUT2D eigenvalue weighted by molar-refractivity contribution is 0.0521. The number of carbonyl (C=O) groups excluding carboxylic acids is 1. The van der Waals surface area contributed by atoms with Crippen LogP contribution in [0.5, 0.6) is 5.75 Å². The second-order valence-electron chi connectivity index (χ2n) is 4.26. The van der Waals surface area contributed by atoms with Crippen LogP contribution in [0.2, 0.25) is 0 Å². The number of pyridine rings is 1. The molecule has 0 radical (unpaired) electrons. The Morgan fingerprint density at radius 3 is 2.55 bits per heavy atom. The Balaban J connectivity index is 2.68. The van der Waals surface area contributed by atoms with Gasteiger partial charge in [-0.3, -0.25) is 4.79 Å². The van der Waals surface area contributed by atoms with E-state index < -0.39 is 11.5 Å². The first-order valence-corrected chi connectivity index (χ1v) is 6.24. The van der Waals surface area contributed by atoms with E-state index in [1.165, 1.54) is 0 Å². The van der Waals surface area contributed by atoms with Crippen molar-refractivity contribution in [3.63, 3.8) is 0 Å². The van der Waals surface area contributed by atoms with Crippen molar-refractivity contribution in [3.05, 3.63) is 51.9 Å². The van der Waals surface area contributed by atoms with Gasteiger partial charge in [0.1, 0.15) is 11.3 Å². The molecule has 1 aromatic carbocycles. The van der Waals surface area contributed by atoms with Gasteiger partial charge in [-0.05, 0) is 19.4 Å². The Kier molecular flexibility index (Phi) is 3.89. The van der Waals surface area contributed by atoms with Crippen molar-refractivity contribution in [2.75, 3.05) is 6.61 Å².